The van der Waals surface area contributed by atoms with Crippen LogP contribution in [0.25, 0.3) is 0 Å². The maximum Gasteiger partial charge on any atom is 0.146 e. The van der Waals surface area contributed by atoms with E-state index in [0.717, 1.165) is 0 Å². The molecule has 78 valence electrons. The number of anilines is 1. The minimum Gasteiger partial charge on any atom is -0.396 e. The quantitative estimate of drug-likeness (QED) is 0.638. The molecule has 0 aromatic heterocycles. The second kappa shape index (κ2) is 4.39. The molecular formula is C10H15FN2O. The van der Waals surface area contributed by atoms with Gasteiger partial charge in [-0.25, -0.2) is 4.39 Å². The van der Waals surface area contributed by atoms with Crippen molar-refractivity contribution in [2.24, 2.45) is 5.73 Å². The third-order valence-corrected chi connectivity index (χ3v) is 2.24. The van der Waals surface area contributed by atoms with Gasteiger partial charge in [0.15, 0.2) is 0 Å². The molecule has 0 heterocycles. The monoisotopic (exact) mass is 198 g/mol. The van der Waals surface area contributed by atoms with Gasteiger partial charge in [-0.2, -0.15) is 0 Å². The van der Waals surface area contributed by atoms with Crippen LogP contribution >= 0.6 is 0 Å². The van der Waals surface area contributed by atoms with Crippen LogP contribution in [0.2, 0.25) is 0 Å². The fourth-order valence-electron chi connectivity index (χ4n) is 1.22. The highest BCUT2D eigenvalue weighted by Crippen LogP contribution is 2.21. The molecule has 0 spiro atoms. The van der Waals surface area contributed by atoms with Gasteiger partial charge in [-0.15, -0.1) is 0 Å². The maximum atomic E-state index is 12.8. The third-order valence-electron chi connectivity index (χ3n) is 2.24. The molecule has 0 bridgehead atoms. The van der Waals surface area contributed by atoms with Crippen molar-refractivity contribution in [1.29, 1.82) is 0 Å². The van der Waals surface area contributed by atoms with Crippen molar-refractivity contribution in [3.05, 3.63) is 29.6 Å². The minimum absolute atomic E-state index is 0.0323. The van der Waals surface area contributed by atoms with Gasteiger partial charge in [-0.1, -0.05) is 13.0 Å². The zero-order valence-corrected chi connectivity index (χ0v) is 8.07. The standard InChI is InChI=1S/C10H15FN2O/c1-2-8(12)10(14)6-3-4-7(11)9(13)5-6/h3-5,8,10,14H,2,12-13H2,1H3/t8-,10-/m0/s1. The van der Waals surface area contributed by atoms with E-state index >= 15 is 0 Å². The summed E-state index contributed by atoms with van der Waals surface area (Å²) < 4.78 is 12.8. The van der Waals surface area contributed by atoms with Crippen molar-refractivity contribution in [3.8, 4) is 0 Å². The largest absolute Gasteiger partial charge is 0.396 e. The molecule has 0 radical (unpaired) electrons. The van der Waals surface area contributed by atoms with Crippen molar-refractivity contribution in [2.45, 2.75) is 25.5 Å². The number of halogens is 1. The third kappa shape index (κ3) is 2.21. The smallest absolute Gasteiger partial charge is 0.146 e. The van der Waals surface area contributed by atoms with Gasteiger partial charge < -0.3 is 16.6 Å². The first kappa shape index (κ1) is 10.9. The molecule has 5 N–H and O–H groups in total. The van der Waals surface area contributed by atoms with E-state index in [4.69, 9.17) is 11.5 Å². The van der Waals surface area contributed by atoms with Gasteiger partial charge in [-0.3, -0.25) is 0 Å². The van der Waals surface area contributed by atoms with Crippen LogP contribution in [0.15, 0.2) is 18.2 Å². The lowest BCUT2D eigenvalue weighted by atomic mass is 10.0. The molecule has 0 saturated heterocycles. The van der Waals surface area contributed by atoms with Crippen LogP contribution in [0.5, 0.6) is 0 Å². The van der Waals surface area contributed by atoms with Crippen LogP contribution in [0, 0.1) is 5.82 Å². The number of nitrogen functional groups attached to an aromatic ring is 1. The highest BCUT2D eigenvalue weighted by molar-refractivity contribution is 5.43. The van der Waals surface area contributed by atoms with Crippen molar-refractivity contribution >= 4 is 5.69 Å². The normalized spacial score (nSPS) is 15.1. The Morgan fingerprint density at radius 1 is 1.50 bits per heavy atom. The summed E-state index contributed by atoms with van der Waals surface area (Å²) >= 11 is 0. The SMILES string of the molecule is CC[C@H](N)[C@@H](O)c1ccc(F)c(N)c1. The molecule has 0 unspecified atom stereocenters. The number of benzene rings is 1. The number of aliphatic hydroxyl groups is 1. The Morgan fingerprint density at radius 3 is 2.64 bits per heavy atom. The molecule has 2 atom stereocenters. The molecule has 0 aliphatic heterocycles. The Balaban J connectivity index is 2.91. The molecule has 14 heavy (non-hydrogen) atoms. The summed E-state index contributed by atoms with van der Waals surface area (Å²) in [6.07, 6.45) is -0.138. The summed E-state index contributed by atoms with van der Waals surface area (Å²) in [6, 6.07) is 3.79. The number of aliphatic hydroxyl groups excluding tert-OH is 1. The van der Waals surface area contributed by atoms with Crippen molar-refractivity contribution in [3.63, 3.8) is 0 Å². The summed E-state index contributed by atoms with van der Waals surface area (Å²) in [5.41, 5.74) is 11.6. The Kier molecular flexibility index (Phi) is 3.43. The average Bonchev–Trinajstić information content (AvgIpc) is 2.20. The Morgan fingerprint density at radius 2 is 2.14 bits per heavy atom. The van der Waals surface area contributed by atoms with Crippen LogP contribution < -0.4 is 11.5 Å². The van der Waals surface area contributed by atoms with Crippen molar-refractivity contribution < 1.29 is 9.50 Å². The molecule has 1 rings (SSSR count). The second-order valence-corrected chi connectivity index (χ2v) is 3.30. The lowest BCUT2D eigenvalue weighted by Gasteiger charge is -2.17. The van der Waals surface area contributed by atoms with Crippen molar-refractivity contribution in [1.82, 2.24) is 0 Å². The van der Waals surface area contributed by atoms with Crippen LogP contribution in [0.1, 0.15) is 25.0 Å². The Bertz CT molecular complexity index is 317. The minimum atomic E-state index is -0.789. The molecule has 0 saturated carbocycles. The highest BCUT2D eigenvalue weighted by atomic mass is 19.1. The van der Waals surface area contributed by atoms with E-state index in [1.54, 1.807) is 0 Å². The second-order valence-electron chi connectivity index (χ2n) is 3.30. The van der Waals surface area contributed by atoms with Crippen LogP contribution in [-0.4, -0.2) is 11.1 Å². The molecule has 1 aromatic rings. The first-order chi connectivity index (χ1) is 6.56. The first-order valence-electron chi connectivity index (χ1n) is 4.54. The predicted molar refractivity (Wildman–Crippen MR) is 54.0 cm³/mol. The Hall–Kier alpha value is -1.13. The van der Waals surface area contributed by atoms with E-state index in [0.29, 0.717) is 12.0 Å². The summed E-state index contributed by atoms with van der Waals surface area (Å²) in [5.74, 6) is -0.481. The fraction of sp³-hybridized carbons (Fsp3) is 0.400. The fourth-order valence-corrected chi connectivity index (χ4v) is 1.22. The molecule has 0 amide bonds. The van der Waals surface area contributed by atoms with Crippen LogP contribution in [0.3, 0.4) is 0 Å². The number of nitrogens with two attached hydrogens (primary N) is 2. The lowest BCUT2D eigenvalue weighted by Crippen LogP contribution is -2.27. The van der Waals surface area contributed by atoms with Gasteiger partial charge in [0.2, 0.25) is 0 Å². The number of hydrogen-bond donors (Lipinski definition) is 3. The van der Waals surface area contributed by atoms with E-state index in [1.165, 1.54) is 18.2 Å². The zero-order chi connectivity index (χ0) is 10.7. The lowest BCUT2D eigenvalue weighted by molar-refractivity contribution is 0.144. The van der Waals surface area contributed by atoms with E-state index < -0.39 is 11.9 Å². The molecule has 3 nitrogen and oxygen atoms in total. The molecule has 0 fully saturated rings. The highest BCUT2D eigenvalue weighted by Gasteiger charge is 2.15. The number of hydrogen-bond acceptors (Lipinski definition) is 3. The van der Waals surface area contributed by atoms with Gasteiger partial charge >= 0.3 is 0 Å². The maximum absolute atomic E-state index is 12.8. The molecule has 4 heteroatoms. The van der Waals surface area contributed by atoms with Crippen LogP contribution in [0.4, 0.5) is 10.1 Å². The van der Waals surface area contributed by atoms with Crippen LogP contribution in [-0.2, 0) is 0 Å². The Labute approximate surface area is 82.5 Å². The molecule has 1 aromatic carbocycles. The average molecular weight is 198 g/mol. The topological polar surface area (TPSA) is 72.3 Å². The van der Waals surface area contributed by atoms with E-state index in [1.807, 2.05) is 6.92 Å². The summed E-state index contributed by atoms with van der Waals surface area (Å²) in [7, 11) is 0. The summed E-state index contributed by atoms with van der Waals surface area (Å²) in [6.45, 7) is 1.88. The van der Waals surface area contributed by atoms with Gasteiger partial charge in [0.05, 0.1) is 11.8 Å². The van der Waals surface area contributed by atoms with E-state index in [9.17, 15) is 9.50 Å². The first-order valence-corrected chi connectivity index (χ1v) is 4.54. The molecule has 0 aliphatic rings. The molecular weight excluding hydrogens is 183 g/mol. The zero-order valence-electron chi connectivity index (χ0n) is 8.07. The van der Waals surface area contributed by atoms with Crippen molar-refractivity contribution in [2.75, 3.05) is 5.73 Å². The van der Waals surface area contributed by atoms with E-state index in [2.05, 4.69) is 0 Å². The predicted octanol–water partition coefficient (Wildman–Crippen LogP) is 1.18. The van der Waals surface area contributed by atoms with Gasteiger partial charge in [0.1, 0.15) is 5.82 Å². The summed E-state index contributed by atoms with van der Waals surface area (Å²) in [4.78, 5) is 0. The molecule has 0 aliphatic carbocycles. The van der Waals surface area contributed by atoms with Gasteiger partial charge in [-0.05, 0) is 24.1 Å². The summed E-state index contributed by atoms with van der Waals surface area (Å²) in [5, 5.41) is 9.70. The van der Waals surface area contributed by atoms with Gasteiger partial charge in [0, 0.05) is 6.04 Å². The van der Waals surface area contributed by atoms with Gasteiger partial charge in [0.25, 0.3) is 0 Å². The van der Waals surface area contributed by atoms with E-state index in [-0.39, 0.29) is 11.7 Å². The number of rotatable bonds is 3.